The first-order chi connectivity index (χ1) is 11.9. The Balaban J connectivity index is 1.83. The van der Waals surface area contributed by atoms with Crippen LogP contribution in [0.25, 0.3) is 11.0 Å². The molecule has 0 spiro atoms. The van der Waals surface area contributed by atoms with Crippen molar-refractivity contribution in [2.45, 2.75) is 25.9 Å². The molecule has 0 aliphatic carbocycles. The fraction of sp³-hybridized carbons (Fsp3) is 0.235. The van der Waals surface area contributed by atoms with Gasteiger partial charge >= 0.3 is 5.97 Å². The summed E-state index contributed by atoms with van der Waals surface area (Å²) >= 11 is 6.26. The number of rotatable bonds is 6. The predicted octanol–water partition coefficient (Wildman–Crippen LogP) is 4.17. The Labute approximate surface area is 147 Å². The molecule has 0 aliphatic rings. The number of aromatic nitrogens is 2. The second-order valence-corrected chi connectivity index (χ2v) is 5.87. The van der Waals surface area contributed by atoms with E-state index in [2.05, 4.69) is 10.1 Å². The highest BCUT2D eigenvalue weighted by Gasteiger charge is 2.16. The molecule has 1 unspecified atom stereocenters. The van der Waals surface area contributed by atoms with Crippen LogP contribution in [0.2, 0.25) is 5.02 Å². The van der Waals surface area contributed by atoms with E-state index in [-0.39, 0.29) is 12.8 Å². The first-order valence-corrected chi connectivity index (χ1v) is 7.89. The number of hydrogen-bond donors (Lipinski definition) is 1. The van der Waals surface area contributed by atoms with Gasteiger partial charge in [-0.25, -0.2) is 4.39 Å². The molecule has 3 rings (SSSR count). The van der Waals surface area contributed by atoms with Crippen LogP contribution < -0.4 is 4.74 Å². The summed E-state index contributed by atoms with van der Waals surface area (Å²) in [5.74, 6) is -0.970. The monoisotopic (exact) mass is 364 g/mol. The first kappa shape index (κ1) is 17.2. The van der Waals surface area contributed by atoms with E-state index >= 15 is 0 Å². The molecule has 2 aromatic heterocycles. The molecule has 8 heteroatoms. The van der Waals surface area contributed by atoms with Crippen LogP contribution in [0.5, 0.6) is 5.75 Å². The molecule has 0 radical (unpaired) electrons. The van der Waals surface area contributed by atoms with Gasteiger partial charge in [0.15, 0.2) is 5.58 Å². The Hall–Kier alpha value is -2.67. The highest BCUT2D eigenvalue weighted by Crippen LogP contribution is 2.34. The molecule has 3 aromatic rings. The number of halogens is 2. The van der Waals surface area contributed by atoms with Crippen LogP contribution >= 0.6 is 11.6 Å². The van der Waals surface area contributed by atoms with Gasteiger partial charge in [0, 0.05) is 17.9 Å². The molecule has 25 heavy (non-hydrogen) atoms. The molecular weight excluding hydrogens is 351 g/mol. The molecule has 0 saturated carbocycles. The van der Waals surface area contributed by atoms with Gasteiger partial charge < -0.3 is 14.4 Å². The van der Waals surface area contributed by atoms with Crippen molar-refractivity contribution in [3.8, 4) is 5.75 Å². The molecule has 0 fully saturated rings. The molecule has 2 heterocycles. The molecule has 1 atom stereocenters. The lowest BCUT2D eigenvalue weighted by atomic mass is 10.1. The summed E-state index contributed by atoms with van der Waals surface area (Å²) in [5, 5.41) is 13.6. The van der Waals surface area contributed by atoms with Gasteiger partial charge in [-0.15, -0.1) is 0 Å². The fourth-order valence-corrected chi connectivity index (χ4v) is 2.57. The van der Waals surface area contributed by atoms with Gasteiger partial charge in [-0.2, -0.15) is 0 Å². The molecule has 1 aromatic carbocycles. The molecule has 0 amide bonds. The summed E-state index contributed by atoms with van der Waals surface area (Å²) in [6.45, 7) is 1.76. The number of ether oxygens (including phenoxy) is 1. The molecule has 0 aliphatic heterocycles. The minimum Gasteiger partial charge on any atom is -0.483 e. The van der Waals surface area contributed by atoms with E-state index in [1.54, 1.807) is 19.1 Å². The highest BCUT2D eigenvalue weighted by atomic mass is 35.5. The number of fused-ring (bicyclic) bond motifs is 1. The van der Waals surface area contributed by atoms with Gasteiger partial charge in [-0.1, -0.05) is 16.8 Å². The molecule has 0 bridgehead atoms. The van der Waals surface area contributed by atoms with E-state index in [0.29, 0.717) is 33.1 Å². The van der Waals surface area contributed by atoms with E-state index in [1.165, 1.54) is 12.1 Å². The second kappa shape index (κ2) is 7.06. The lowest BCUT2D eigenvalue weighted by molar-refractivity contribution is -0.136. The largest absolute Gasteiger partial charge is 0.483 e. The number of aliphatic carboxylic acids is 1. The van der Waals surface area contributed by atoms with Crippen molar-refractivity contribution in [2.75, 3.05) is 0 Å². The van der Waals surface area contributed by atoms with Crippen molar-refractivity contribution in [1.82, 2.24) is 10.1 Å². The molecular formula is C17H14ClFN2O4. The Kier molecular flexibility index (Phi) is 4.85. The maximum Gasteiger partial charge on any atom is 0.303 e. The molecule has 1 N–H and O–H groups in total. The van der Waals surface area contributed by atoms with Gasteiger partial charge in [0.1, 0.15) is 17.7 Å². The Bertz CT molecular complexity index is 911. The zero-order chi connectivity index (χ0) is 18.0. The predicted molar refractivity (Wildman–Crippen MR) is 88.2 cm³/mol. The third-order valence-electron chi connectivity index (χ3n) is 3.65. The number of carbonyl (C=O) groups is 1. The number of nitrogens with zero attached hydrogens (tertiary/aromatic N) is 2. The minimum absolute atomic E-state index is 0.0508. The summed E-state index contributed by atoms with van der Waals surface area (Å²) in [6, 6.07) is 6.06. The quantitative estimate of drug-likeness (QED) is 0.706. The summed E-state index contributed by atoms with van der Waals surface area (Å²) < 4.78 is 24.0. The van der Waals surface area contributed by atoms with Gasteiger partial charge in [0.2, 0.25) is 0 Å². The summed E-state index contributed by atoms with van der Waals surface area (Å²) in [7, 11) is 0. The average Bonchev–Trinajstić information content (AvgIpc) is 2.95. The smallest absolute Gasteiger partial charge is 0.303 e. The van der Waals surface area contributed by atoms with E-state index in [1.807, 2.05) is 0 Å². The first-order valence-electron chi connectivity index (χ1n) is 7.51. The Morgan fingerprint density at radius 1 is 1.44 bits per heavy atom. The number of aryl methyl sites for hydroxylation is 1. The maximum absolute atomic E-state index is 13.0. The minimum atomic E-state index is -0.914. The number of carboxylic acid groups (broad SMARTS) is 1. The van der Waals surface area contributed by atoms with Crippen LogP contribution in [0.15, 0.2) is 35.0 Å². The Morgan fingerprint density at radius 3 is 2.92 bits per heavy atom. The van der Waals surface area contributed by atoms with Crippen molar-refractivity contribution in [3.63, 3.8) is 0 Å². The number of carboxylic acids is 1. The van der Waals surface area contributed by atoms with Crippen LogP contribution in [0.3, 0.4) is 0 Å². The van der Waals surface area contributed by atoms with Crippen LogP contribution in [0.4, 0.5) is 4.39 Å². The van der Waals surface area contributed by atoms with Crippen molar-refractivity contribution < 1.29 is 23.6 Å². The second-order valence-electron chi connectivity index (χ2n) is 5.46. The van der Waals surface area contributed by atoms with E-state index in [4.69, 9.17) is 26.0 Å². The fourth-order valence-electron chi connectivity index (χ4n) is 2.36. The maximum atomic E-state index is 13.0. The van der Waals surface area contributed by atoms with E-state index in [9.17, 15) is 9.18 Å². The third kappa shape index (κ3) is 3.88. The zero-order valence-electron chi connectivity index (χ0n) is 13.2. The third-order valence-corrected chi connectivity index (χ3v) is 3.94. The molecule has 6 nitrogen and oxygen atoms in total. The van der Waals surface area contributed by atoms with Gasteiger partial charge in [-0.3, -0.25) is 9.78 Å². The average molecular weight is 365 g/mol. The van der Waals surface area contributed by atoms with Crippen molar-refractivity contribution in [2.24, 2.45) is 0 Å². The van der Waals surface area contributed by atoms with Crippen molar-refractivity contribution in [1.29, 1.82) is 0 Å². The summed E-state index contributed by atoms with van der Waals surface area (Å²) in [6.07, 6.45) is 0.856. The highest BCUT2D eigenvalue weighted by molar-refractivity contribution is 6.32. The van der Waals surface area contributed by atoms with Gasteiger partial charge in [0.05, 0.1) is 29.0 Å². The van der Waals surface area contributed by atoms with Crippen molar-refractivity contribution in [3.05, 3.63) is 52.7 Å². The van der Waals surface area contributed by atoms with E-state index < -0.39 is 17.9 Å². The lowest BCUT2D eigenvalue weighted by Gasteiger charge is -2.15. The SMILES string of the molecule is CC(Oc1cc2onc(CCC(=O)O)c2cc1Cl)c1ccc(F)cn1. The number of pyridine rings is 1. The Morgan fingerprint density at radius 2 is 2.24 bits per heavy atom. The van der Waals surface area contributed by atoms with Gasteiger partial charge in [0.25, 0.3) is 0 Å². The molecule has 130 valence electrons. The van der Waals surface area contributed by atoms with Crippen LogP contribution in [-0.4, -0.2) is 21.2 Å². The van der Waals surface area contributed by atoms with Gasteiger partial charge in [-0.05, 0) is 25.1 Å². The van der Waals surface area contributed by atoms with Crippen LogP contribution in [-0.2, 0) is 11.2 Å². The standard InChI is InChI=1S/C17H14ClFN2O4/c1-9(13-3-2-10(19)8-20-13)24-16-7-15-11(6-12(16)18)14(21-25-15)4-5-17(22)23/h2-3,6-9H,4-5H2,1H3,(H,22,23). The summed E-state index contributed by atoms with van der Waals surface area (Å²) in [4.78, 5) is 14.7. The van der Waals surface area contributed by atoms with E-state index in [0.717, 1.165) is 6.20 Å². The molecule has 0 saturated heterocycles. The summed E-state index contributed by atoms with van der Waals surface area (Å²) in [5.41, 5.74) is 1.52. The lowest BCUT2D eigenvalue weighted by Crippen LogP contribution is -2.05. The van der Waals surface area contributed by atoms with Crippen LogP contribution in [0.1, 0.15) is 30.8 Å². The normalized spacial score (nSPS) is 12.3. The number of hydrogen-bond acceptors (Lipinski definition) is 5. The number of benzene rings is 1. The zero-order valence-corrected chi connectivity index (χ0v) is 14.0. The topological polar surface area (TPSA) is 85.5 Å². The van der Waals surface area contributed by atoms with Crippen molar-refractivity contribution >= 4 is 28.5 Å². The van der Waals surface area contributed by atoms with Crippen LogP contribution in [0, 0.1) is 5.82 Å².